The van der Waals surface area contributed by atoms with Gasteiger partial charge in [-0.25, -0.2) is 4.79 Å². The molecule has 0 saturated carbocycles. The van der Waals surface area contributed by atoms with Crippen molar-refractivity contribution in [2.45, 2.75) is 57.4 Å². The molecule has 1 aliphatic rings. The van der Waals surface area contributed by atoms with Crippen LogP contribution in [0.4, 0.5) is 0 Å². The number of phenolic OH excluding ortho intramolecular Hbond substituents is 2. The zero-order chi connectivity index (χ0) is 28.4. The third-order valence-corrected chi connectivity index (χ3v) is 6.78. The minimum absolute atomic E-state index is 0.0250. The van der Waals surface area contributed by atoms with E-state index in [1.807, 2.05) is 13.8 Å². The van der Waals surface area contributed by atoms with E-state index < -0.39 is 52.8 Å². The molecule has 2 aromatic rings. The molecule has 0 amide bonds. The van der Waals surface area contributed by atoms with Crippen molar-refractivity contribution in [3.63, 3.8) is 0 Å². The number of aromatic hydroxyl groups is 2. The molecule has 0 radical (unpaired) electrons. The van der Waals surface area contributed by atoms with Crippen molar-refractivity contribution in [3.05, 3.63) is 47.5 Å². The highest BCUT2D eigenvalue weighted by atomic mass is 32.3. The Balaban J connectivity index is 1.82. The number of hydrogen-bond acceptors (Lipinski definition) is 11. The number of carboxylic acid groups (broad SMARTS) is 1. The summed E-state index contributed by atoms with van der Waals surface area (Å²) in [6.07, 6.45) is -8.62. The van der Waals surface area contributed by atoms with Gasteiger partial charge in [-0.05, 0) is 60.1 Å². The molecule has 1 aliphatic heterocycles. The van der Waals surface area contributed by atoms with Crippen molar-refractivity contribution in [1.29, 1.82) is 0 Å². The molecule has 7 N–H and O–H groups in total. The molecule has 0 unspecified atom stereocenters. The fraction of sp³-hybridized carbons (Fsp3) is 0.458. The maximum Gasteiger partial charge on any atom is 0.446 e. The van der Waals surface area contributed by atoms with Gasteiger partial charge in [-0.2, -0.15) is 8.42 Å². The Morgan fingerprint density at radius 1 is 0.895 bits per heavy atom. The summed E-state index contributed by atoms with van der Waals surface area (Å²) in [4.78, 5) is 11.4. The molecule has 1 heterocycles. The van der Waals surface area contributed by atoms with E-state index in [0.29, 0.717) is 18.4 Å². The molecule has 1 saturated heterocycles. The fourth-order valence-electron chi connectivity index (χ4n) is 4.07. The van der Waals surface area contributed by atoms with Gasteiger partial charge in [0.1, 0.15) is 18.3 Å². The Labute approximate surface area is 218 Å². The van der Waals surface area contributed by atoms with Crippen molar-refractivity contribution in [2.24, 2.45) is 11.8 Å². The first-order chi connectivity index (χ1) is 17.7. The summed E-state index contributed by atoms with van der Waals surface area (Å²) in [6.45, 7) is 3.93. The summed E-state index contributed by atoms with van der Waals surface area (Å²) in [7, 11) is -4.99. The lowest BCUT2D eigenvalue weighted by molar-refractivity contribution is -0.271. The summed E-state index contributed by atoms with van der Waals surface area (Å²) >= 11 is 0. The van der Waals surface area contributed by atoms with Gasteiger partial charge in [0, 0.05) is 0 Å². The van der Waals surface area contributed by atoms with Crippen LogP contribution >= 0.6 is 0 Å². The second-order valence-corrected chi connectivity index (χ2v) is 10.4. The van der Waals surface area contributed by atoms with Crippen molar-refractivity contribution >= 4 is 16.4 Å². The number of aliphatic hydroxyl groups is 3. The van der Waals surface area contributed by atoms with Crippen molar-refractivity contribution in [1.82, 2.24) is 0 Å². The van der Waals surface area contributed by atoms with Crippen LogP contribution in [0, 0.1) is 11.8 Å². The van der Waals surface area contributed by atoms with Gasteiger partial charge in [0.05, 0.1) is 0 Å². The normalized spacial score (nSPS) is 25.4. The average Bonchev–Trinajstić information content (AvgIpc) is 2.82. The van der Waals surface area contributed by atoms with Gasteiger partial charge in [-0.15, -0.1) is 0 Å². The van der Waals surface area contributed by atoms with Gasteiger partial charge in [0.2, 0.25) is 6.29 Å². The minimum Gasteiger partial charge on any atom is -0.504 e. The van der Waals surface area contributed by atoms with Gasteiger partial charge in [0.15, 0.2) is 29.1 Å². The standard InChI is InChI=1S/C24H30O13S/c1-11(7-13-3-5-15(25)16(26)9-13)12(2)8-14-4-6-17(37-38(32,33)34)18(10-14)35-24-21(29)19(27)20(28)22(36-24)23(30)31/h3-6,9-12,19-22,24-29H,7-8H2,1-2H3,(H,30,31)(H,32,33,34)/t11-,12+,19-,20-,21+,22-,24+/m1/s1. The van der Waals surface area contributed by atoms with Crippen LogP contribution in [-0.4, -0.2) is 80.3 Å². The van der Waals surface area contributed by atoms with Gasteiger partial charge in [0.25, 0.3) is 0 Å². The van der Waals surface area contributed by atoms with Crippen LogP contribution in [0.2, 0.25) is 0 Å². The molecular weight excluding hydrogens is 528 g/mol. The lowest BCUT2D eigenvalue weighted by Gasteiger charge is -2.38. The summed E-state index contributed by atoms with van der Waals surface area (Å²) in [6, 6.07) is 8.60. The Morgan fingerprint density at radius 3 is 2.03 bits per heavy atom. The minimum atomic E-state index is -4.99. The highest BCUT2D eigenvalue weighted by Gasteiger charge is 2.48. The molecule has 7 atom stereocenters. The van der Waals surface area contributed by atoms with Crippen LogP contribution in [0.1, 0.15) is 25.0 Å². The third-order valence-electron chi connectivity index (χ3n) is 6.39. The fourth-order valence-corrected chi connectivity index (χ4v) is 4.43. The van der Waals surface area contributed by atoms with Crippen LogP contribution in [0.5, 0.6) is 23.0 Å². The lowest BCUT2D eigenvalue weighted by atomic mass is 9.85. The van der Waals surface area contributed by atoms with E-state index in [-0.39, 0.29) is 29.1 Å². The van der Waals surface area contributed by atoms with Crippen LogP contribution in [-0.2, 0) is 32.8 Å². The summed E-state index contributed by atoms with van der Waals surface area (Å²) in [5.41, 5.74) is 1.41. The van der Waals surface area contributed by atoms with E-state index in [1.165, 1.54) is 30.3 Å². The van der Waals surface area contributed by atoms with Crippen LogP contribution in [0.3, 0.4) is 0 Å². The zero-order valence-electron chi connectivity index (χ0n) is 20.4. The number of aliphatic hydroxyl groups excluding tert-OH is 3. The van der Waals surface area contributed by atoms with Crippen molar-refractivity contribution in [3.8, 4) is 23.0 Å². The molecule has 13 nitrogen and oxygen atoms in total. The van der Waals surface area contributed by atoms with E-state index in [2.05, 4.69) is 4.18 Å². The number of rotatable bonds is 10. The molecule has 3 rings (SSSR count). The molecular formula is C24H30O13S. The molecule has 0 bridgehead atoms. The Bertz CT molecular complexity index is 1250. The maximum absolute atomic E-state index is 11.4. The summed E-state index contributed by atoms with van der Waals surface area (Å²) in [5, 5.41) is 58.6. The van der Waals surface area contributed by atoms with Crippen LogP contribution in [0.25, 0.3) is 0 Å². The predicted octanol–water partition coefficient (Wildman–Crippen LogP) is 0.608. The third kappa shape index (κ3) is 7.24. The van der Waals surface area contributed by atoms with E-state index in [0.717, 1.165) is 5.56 Å². The monoisotopic (exact) mass is 558 g/mol. The number of phenols is 2. The molecule has 0 spiro atoms. The lowest BCUT2D eigenvalue weighted by Crippen LogP contribution is -2.61. The first kappa shape index (κ1) is 29.4. The molecule has 0 aliphatic carbocycles. The number of carboxylic acids is 1. The predicted molar refractivity (Wildman–Crippen MR) is 129 cm³/mol. The zero-order valence-corrected chi connectivity index (χ0v) is 21.2. The number of benzene rings is 2. The maximum atomic E-state index is 11.4. The van der Waals surface area contributed by atoms with E-state index in [4.69, 9.17) is 14.0 Å². The van der Waals surface area contributed by atoms with Crippen LogP contribution < -0.4 is 8.92 Å². The number of aliphatic carboxylic acids is 1. The highest BCUT2D eigenvalue weighted by Crippen LogP contribution is 2.35. The van der Waals surface area contributed by atoms with E-state index in [1.54, 1.807) is 6.07 Å². The first-order valence-electron chi connectivity index (χ1n) is 11.6. The van der Waals surface area contributed by atoms with Crippen molar-refractivity contribution in [2.75, 3.05) is 0 Å². The van der Waals surface area contributed by atoms with Gasteiger partial charge >= 0.3 is 16.4 Å². The molecule has 14 heteroatoms. The summed E-state index contributed by atoms with van der Waals surface area (Å²) in [5.74, 6) is -2.83. The second-order valence-electron chi connectivity index (χ2n) is 9.33. The van der Waals surface area contributed by atoms with Gasteiger partial charge in [-0.3, -0.25) is 4.55 Å². The molecule has 0 aromatic heterocycles. The van der Waals surface area contributed by atoms with E-state index in [9.17, 15) is 43.9 Å². The summed E-state index contributed by atoms with van der Waals surface area (Å²) < 4.78 is 46.9. The van der Waals surface area contributed by atoms with E-state index >= 15 is 0 Å². The molecule has 2 aromatic carbocycles. The largest absolute Gasteiger partial charge is 0.504 e. The SMILES string of the molecule is C[C@H](Cc1ccc(O)c(O)c1)[C@@H](C)Cc1ccc(OS(=O)(=O)O)c(O[C@H]2O[C@@H](C(=O)O)[C@H](O)[C@@H](O)[C@@H]2O)c1. The Kier molecular flexibility index (Phi) is 9.07. The van der Waals surface area contributed by atoms with Crippen LogP contribution in [0.15, 0.2) is 36.4 Å². The quantitative estimate of drug-likeness (QED) is 0.157. The second kappa shape index (κ2) is 11.7. The molecule has 38 heavy (non-hydrogen) atoms. The van der Waals surface area contributed by atoms with Gasteiger partial charge in [-0.1, -0.05) is 26.0 Å². The highest BCUT2D eigenvalue weighted by molar-refractivity contribution is 7.81. The Hall–Kier alpha value is -3.14. The number of ether oxygens (including phenoxy) is 2. The molecule has 210 valence electrons. The smallest absolute Gasteiger partial charge is 0.446 e. The topological polar surface area (TPSA) is 221 Å². The average molecular weight is 559 g/mol. The Morgan fingerprint density at radius 2 is 1.47 bits per heavy atom. The first-order valence-corrected chi connectivity index (χ1v) is 12.9. The van der Waals surface area contributed by atoms with Gasteiger partial charge < -0.3 is 44.3 Å². The van der Waals surface area contributed by atoms with Crippen molar-refractivity contribution < 1.29 is 62.1 Å². The number of carbonyl (C=O) groups is 1. The number of hydrogen-bond donors (Lipinski definition) is 7. The molecule has 1 fully saturated rings.